The number of aryl methyl sites for hydroxylation is 1. The maximum atomic E-state index is 11.8. The molecule has 0 saturated heterocycles. The van der Waals surface area contributed by atoms with Crippen LogP contribution in [0.1, 0.15) is 25.8 Å². The van der Waals surface area contributed by atoms with Crippen LogP contribution in [0.5, 0.6) is 0 Å². The quantitative estimate of drug-likeness (QED) is 0.724. The third-order valence-electron chi connectivity index (χ3n) is 2.76. The first-order valence-corrected chi connectivity index (χ1v) is 6.51. The van der Waals surface area contributed by atoms with E-state index in [0.29, 0.717) is 13.0 Å². The second-order valence-electron chi connectivity index (χ2n) is 4.34. The first kappa shape index (κ1) is 15.4. The van der Waals surface area contributed by atoms with Gasteiger partial charge in [-0.1, -0.05) is 30.3 Å². The fourth-order valence-electron chi connectivity index (χ4n) is 1.80. The zero-order valence-electron chi connectivity index (χ0n) is 11.4. The Labute approximate surface area is 114 Å². The predicted molar refractivity (Wildman–Crippen MR) is 73.5 cm³/mol. The summed E-state index contributed by atoms with van der Waals surface area (Å²) in [6.45, 7) is 3.77. The van der Waals surface area contributed by atoms with Gasteiger partial charge in [0.25, 0.3) is 0 Å². The van der Waals surface area contributed by atoms with E-state index in [9.17, 15) is 9.59 Å². The van der Waals surface area contributed by atoms with Crippen molar-refractivity contribution in [2.75, 3.05) is 6.61 Å². The van der Waals surface area contributed by atoms with E-state index >= 15 is 0 Å². The fraction of sp³-hybridized carbons (Fsp3) is 0.467. The van der Waals surface area contributed by atoms with Crippen LogP contribution in [0, 0.1) is 0 Å². The molecule has 1 aromatic rings. The van der Waals surface area contributed by atoms with Gasteiger partial charge in [0.2, 0.25) is 6.29 Å². The molecule has 1 rings (SSSR count). The summed E-state index contributed by atoms with van der Waals surface area (Å²) < 4.78 is 5.01. The third kappa shape index (κ3) is 5.66. The van der Waals surface area contributed by atoms with Gasteiger partial charge in [-0.25, -0.2) is 0 Å². The average Bonchev–Trinajstić information content (AvgIpc) is 2.44. The summed E-state index contributed by atoms with van der Waals surface area (Å²) in [6, 6.07) is 8.94. The first-order chi connectivity index (χ1) is 9.17. The molecular formula is C15H20NO3. The molecule has 0 aliphatic rings. The summed E-state index contributed by atoms with van der Waals surface area (Å²) >= 11 is 0. The molecule has 0 bridgehead atoms. The van der Waals surface area contributed by atoms with Crippen molar-refractivity contribution in [2.45, 2.75) is 38.8 Å². The Hall–Kier alpha value is -1.68. The summed E-state index contributed by atoms with van der Waals surface area (Å²) in [6.07, 6.45) is 3.17. The normalized spacial score (nSPS) is 13.6. The van der Waals surface area contributed by atoms with Crippen molar-refractivity contribution in [3.8, 4) is 0 Å². The van der Waals surface area contributed by atoms with Crippen LogP contribution in [0.15, 0.2) is 30.3 Å². The van der Waals surface area contributed by atoms with Gasteiger partial charge in [-0.05, 0) is 32.3 Å². The lowest BCUT2D eigenvalue weighted by molar-refractivity contribution is -0.145. The lowest BCUT2D eigenvalue weighted by Gasteiger charge is -2.18. The zero-order valence-corrected chi connectivity index (χ0v) is 11.4. The lowest BCUT2D eigenvalue weighted by Crippen LogP contribution is -2.44. The Morgan fingerprint density at radius 2 is 2.05 bits per heavy atom. The minimum Gasteiger partial charge on any atom is -0.465 e. The fourth-order valence-corrected chi connectivity index (χ4v) is 1.80. The van der Waals surface area contributed by atoms with Gasteiger partial charge in [0, 0.05) is 0 Å². The molecule has 0 saturated carbocycles. The highest BCUT2D eigenvalue weighted by atomic mass is 16.5. The topological polar surface area (TPSA) is 55.4 Å². The van der Waals surface area contributed by atoms with Crippen molar-refractivity contribution < 1.29 is 14.3 Å². The second-order valence-corrected chi connectivity index (χ2v) is 4.34. The number of hydrogen-bond acceptors (Lipinski definition) is 4. The molecular weight excluding hydrogens is 242 g/mol. The molecule has 4 nitrogen and oxygen atoms in total. The van der Waals surface area contributed by atoms with Gasteiger partial charge in [0.15, 0.2) is 0 Å². The number of benzene rings is 1. The molecule has 0 aliphatic heterocycles. The number of nitrogens with one attached hydrogen (secondary N) is 1. The van der Waals surface area contributed by atoms with Gasteiger partial charge < -0.3 is 4.74 Å². The smallest absolute Gasteiger partial charge is 0.323 e. The van der Waals surface area contributed by atoms with E-state index in [1.165, 1.54) is 0 Å². The minimum absolute atomic E-state index is 0.319. The van der Waals surface area contributed by atoms with E-state index < -0.39 is 12.1 Å². The number of ether oxygens (including phenoxy) is 1. The molecule has 103 valence electrons. The highest BCUT2D eigenvalue weighted by Crippen LogP contribution is 2.07. The van der Waals surface area contributed by atoms with E-state index in [2.05, 4.69) is 5.32 Å². The SMILES string of the molecule is CCOC(=O)C(CCc1ccccc1)N[C@@H](C)[C]=O. The summed E-state index contributed by atoms with van der Waals surface area (Å²) in [5, 5.41) is 2.92. The van der Waals surface area contributed by atoms with Crippen LogP contribution in [0.4, 0.5) is 0 Å². The minimum atomic E-state index is -0.481. The van der Waals surface area contributed by atoms with Gasteiger partial charge in [-0.15, -0.1) is 0 Å². The van der Waals surface area contributed by atoms with Crippen LogP contribution < -0.4 is 5.32 Å². The molecule has 0 heterocycles. The Kier molecular flexibility index (Phi) is 6.82. The van der Waals surface area contributed by atoms with Crippen molar-refractivity contribution in [1.29, 1.82) is 0 Å². The Morgan fingerprint density at radius 3 is 2.63 bits per heavy atom. The Bertz CT molecular complexity index is 392. The number of esters is 1. The number of rotatable bonds is 8. The van der Waals surface area contributed by atoms with Gasteiger partial charge in [0.05, 0.1) is 12.6 Å². The molecule has 0 amide bonds. The van der Waals surface area contributed by atoms with E-state index in [-0.39, 0.29) is 5.97 Å². The molecule has 1 radical (unpaired) electrons. The zero-order chi connectivity index (χ0) is 14.1. The largest absolute Gasteiger partial charge is 0.465 e. The summed E-state index contributed by atoms with van der Waals surface area (Å²) in [5.41, 5.74) is 1.15. The van der Waals surface area contributed by atoms with Crippen molar-refractivity contribution in [3.63, 3.8) is 0 Å². The van der Waals surface area contributed by atoms with E-state index in [4.69, 9.17) is 4.74 Å². The Balaban J connectivity index is 2.58. The molecule has 4 heteroatoms. The van der Waals surface area contributed by atoms with Crippen molar-refractivity contribution >= 4 is 12.3 Å². The van der Waals surface area contributed by atoms with Gasteiger partial charge in [-0.2, -0.15) is 0 Å². The second kappa shape index (κ2) is 8.43. The van der Waals surface area contributed by atoms with Crippen LogP contribution in [0.3, 0.4) is 0 Å². The van der Waals surface area contributed by atoms with Crippen molar-refractivity contribution in [3.05, 3.63) is 35.9 Å². The molecule has 1 N–H and O–H groups in total. The molecule has 0 aromatic heterocycles. The van der Waals surface area contributed by atoms with Crippen LogP contribution in [0.25, 0.3) is 0 Å². The predicted octanol–water partition coefficient (Wildman–Crippen LogP) is 1.64. The molecule has 1 aromatic carbocycles. The van der Waals surface area contributed by atoms with Gasteiger partial charge in [-0.3, -0.25) is 14.9 Å². The monoisotopic (exact) mass is 262 g/mol. The third-order valence-corrected chi connectivity index (χ3v) is 2.76. The van der Waals surface area contributed by atoms with Gasteiger partial charge in [0.1, 0.15) is 6.04 Å². The summed E-state index contributed by atoms with van der Waals surface area (Å²) in [7, 11) is 0. The highest BCUT2D eigenvalue weighted by molar-refractivity contribution is 5.76. The van der Waals surface area contributed by atoms with E-state index in [1.807, 2.05) is 36.6 Å². The van der Waals surface area contributed by atoms with E-state index in [1.54, 1.807) is 13.8 Å². The average molecular weight is 262 g/mol. The molecule has 2 atom stereocenters. The molecule has 0 fully saturated rings. The summed E-state index contributed by atoms with van der Waals surface area (Å²) in [5.74, 6) is -0.319. The van der Waals surface area contributed by atoms with Crippen LogP contribution in [-0.2, 0) is 20.7 Å². The van der Waals surface area contributed by atoms with Crippen LogP contribution >= 0.6 is 0 Å². The molecule has 0 aliphatic carbocycles. The number of carbonyl (C=O) groups is 1. The lowest BCUT2D eigenvalue weighted by atomic mass is 10.0. The number of hydrogen-bond donors (Lipinski definition) is 1. The van der Waals surface area contributed by atoms with Crippen LogP contribution in [-0.4, -0.2) is 30.9 Å². The molecule has 19 heavy (non-hydrogen) atoms. The van der Waals surface area contributed by atoms with Crippen molar-refractivity contribution in [2.24, 2.45) is 0 Å². The maximum absolute atomic E-state index is 11.8. The number of carbonyl (C=O) groups excluding carboxylic acids is 2. The first-order valence-electron chi connectivity index (χ1n) is 6.51. The van der Waals surface area contributed by atoms with Crippen LogP contribution in [0.2, 0.25) is 0 Å². The van der Waals surface area contributed by atoms with Crippen molar-refractivity contribution in [1.82, 2.24) is 5.32 Å². The van der Waals surface area contributed by atoms with Gasteiger partial charge >= 0.3 is 5.97 Å². The van der Waals surface area contributed by atoms with E-state index in [0.717, 1.165) is 12.0 Å². The standard InChI is InChI=1S/C15H20NO3/c1-3-19-15(18)14(16-12(2)11-17)10-9-13-7-5-4-6-8-13/h4-8,12,14,16H,3,9-10H2,1-2H3/t12-,14?/m0/s1. The molecule has 1 unspecified atom stereocenters. The Morgan fingerprint density at radius 1 is 1.37 bits per heavy atom. The maximum Gasteiger partial charge on any atom is 0.323 e. The summed E-state index contributed by atoms with van der Waals surface area (Å²) in [4.78, 5) is 22.4. The molecule has 0 spiro atoms. The highest BCUT2D eigenvalue weighted by Gasteiger charge is 2.21.